The van der Waals surface area contributed by atoms with Gasteiger partial charge >= 0.3 is 5.97 Å². The van der Waals surface area contributed by atoms with E-state index in [-0.39, 0.29) is 0 Å². The summed E-state index contributed by atoms with van der Waals surface area (Å²) in [4.78, 5) is 35.2. The minimum Gasteiger partial charge on any atom is -0.469 e. The van der Waals surface area contributed by atoms with E-state index in [1.54, 1.807) is 0 Å². The highest BCUT2D eigenvalue weighted by Gasteiger charge is 2.62. The summed E-state index contributed by atoms with van der Waals surface area (Å²) in [6.45, 7) is 0. The quantitative estimate of drug-likeness (QED) is 0.553. The van der Waals surface area contributed by atoms with E-state index < -0.39 is 41.7 Å². The van der Waals surface area contributed by atoms with E-state index in [4.69, 9.17) is 9.47 Å². The summed E-state index contributed by atoms with van der Waals surface area (Å²) in [5, 5.41) is 3.33. The van der Waals surface area contributed by atoms with Crippen LogP contribution in [0.15, 0.2) is 0 Å². The molecule has 4 unspecified atom stereocenters. The molecule has 6 nitrogen and oxygen atoms in total. The van der Waals surface area contributed by atoms with Crippen molar-refractivity contribution in [1.29, 1.82) is 0 Å². The molecule has 0 amide bonds. The fourth-order valence-electron chi connectivity index (χ4n) is 3.40. The van der Waals surface area contributed by atoms with Crippen LogP contribution >= 0.6 is 0 Å². The highest BCUT2D eigenvalue weighted by atomic mass is 16.5. The van der Waals surface area contributed by atoms with Crippen LogP contribution in [0.1, 0.15) is 25.7 Å². The second kappa shape index (κ2) is 4.68. The van der Waals surface area contributed by atoms with Gasteiger partial charge in [0, 0.05) is 6.04 Å². The molecule has 2 heterocycles. The Labute approximate surface area is 110 Å². The zero-order valence-corrected chi connectivity index (χ0v) is 10.8. The molecule has 3 aliphatic rings. The Kier molecular flexibility index (Phi) is 3.14. The summed E-state index contributed by atoms with van der Waals surface area (Å²) in [6.07, 6.45) is 2.59. The molecule has 2 aliphatic heterocycles. The van der Waals surface area contributed by atoms with Gasteiger partial charge in [-0.3, -0.25) is 14.4 Å². The zero-order chi connectivity index (χ0) is 13.6. The zero-order valence-electron chi connectivity index (χ0n) is 10.8. The maximum absolute atomic E-state index is 11.8. The Balaban J connectivity index is 1.81. The van der Waals surface area contributed by atoms with Gasteiger partial charge in [0.1, 0.15) is 18.1 Å². The summed E-state index contributed by atoms with van der Waals surface area (Å²) in [7, 11) is 1.28. The van der Waals surface area contributed by atoms with Crippen molar-refractivity contribution in [2.75, 3.05) is 7.11 Å². The Bertz CT molecular complexity index is 429. The second-order valence-corrected chi connectivity index (χ2v) is 5.43. The van der Waals surface area contributed by atoms with E-state index in [0.29, 0.717) is 6.04 Å². The Hall–Kier alpha value is -1.27. The molecular weight excluding hydrogens is 250 g/mol. The number of hydrogen-bond donors (Lipinski definition) is 1. The monoisotopic (exact) mass is 267 g/mol. The lowest BCUT2D eigenvalue weighted by Crippen LogP contribution is -2.56. The number of fused-ring (bicyclic) bond motifs is 2. The third-order valence-electron chi connectivity index (χ3n) is 4.35. The molecule has 0 aromatic carbocycles. The molecule has 104 valence electrons. The van der Waals surface area contributed by atoms with Gasteiger partial charge in [0.25, 0.3) is 0 Å². The summed E-state index contributed by atoms with van der Waals surface area (Å²) < 4.78 is 10.1. The summed E-state index contributed by atoms with van der Waals surface area (Å²) >= 11 is 0. The van der Waals surface area contributed by atoms with E-state index in [1.807, 2.05) is 0 Å². The molecule has 3 fully saturated rings. The van der Waals surface area contributed by atoms with Gasteiger partial charge in [0.15, 0.2) is 0 Å². The topological polar surface area (TPSA) is 81.7 Å². The number of methoxy groups -OCH3 is 1. The fourth-order valence-corrected chi connectivity index (χ4v) is 3.40. The first kappa shape index (κ1) is 12.7. The number of hydrogen-bond acceptors (Lipinski definition) is 6. The minimum absolute atomic E-state index is 0.294. The van der Waals surface area contributed by atoms with Gasteiger partial charge in [-0.15, -0.1) is 0 Å². The molecule has 0 aromatic heterocycles. The minimum atomic E-state index is -0.955. The van der Waals surface area contributed by atoms with Gasteiger partial charge in [-0.2, -0.15) is 0 Å². The van der Waals surface area contributed by atoms with Crippen LogP contribution in [0.4, 0.5) is 0 Å². The van der Waals surface area contributed by atoms with Gasteiger partial charge < -0.3 is 14.8 Å². The SMILES string of the molecule is COC(=O)C1C2OC(C(=O)C2=O)C1NC1CCCC1. The lowest BCUT2D eigenvalue weighted by molar-refractivity contribution is -0.151. The van der Waals surface area contributed by atoms with E-state index in [2.05, 4.69) is 5.32 Å². The third-order valence-corrected chi connectivity index (χ3v) is 4.35. The van der Waals surface area contributed by atoms with Gasteiger partial charge in [-0.05, 0) is 12.8 Å². The van der Waals surface area contributed by atoms with Gasteiger partial charge in [-0.1, -0.05) is 12.8 Å². The summed E-state index contributed by atoms with van der Waals surface area (Å²) in [5.41, 5.74) is 0. The maximum atomic E-state index is 11.8. The van der Waals surface area contributed by atoms with Crippen LogP contribution in [-0.2, 0) is 23.9 Å². The van der Waals surface area contributed by atoms with E-state index in [1.165, 1.54) is 7.11 Å². The first-order chi connectivity index (χ1) is 9.13. The van der Waals surface area contributed by atoms with Crippen LogP contribution < -0.4 is 5.32 Å². The van der Waals surface area contributed by atoms with Crippen LogP contribution in [-0.4, -0.2) is 48.9 Å². The molecule has 19 heavy (non-hydrogen) atoms. The smallest absolute Gasteiger partial charge is 0.313 e. The fraction of sp³-hybridized carbons (Fsp3) is 0.769. The van der Waals surface area contributed by atoms with Crippen LogP contribution in [0, 0.1) is 5.92 Å². The number of ether oxygens (including phenoxy) is 2. The Morgan fingerprint density at radius 3 is 2.47 bits per heavy atom. The van der Waals surface area contributed by atoms with Crippen molar-refractivity contribution in [1.82, 2.24) is 5.32 Å². The van der Waals surface area contributed by atoms with Crippen LogP contribution in [0.3, 0.4) is 0 Å². The third kappa shape index (κ3) is 1.90. The second-order valence-electron chi connectivity index (χ2n) is 5.43. The van der Waals surface area contributed by atoms with Crippen LogP contribution in [0.25, 0.3) is 0 Å². The highest BCUT2D eigenvalue weighted by molar-refractivity contribution is 6.43. The average molecular weight is 267 g/mol. The first-order valence-electron chi connectivity index (χ1n) is 6.71. The molecule has 1 saturated carbocycles. The number of nitrogens with one attached hydrogen (secondary N) is 1. The normalized spacial score (nSPS) is 38.2. The number of rotatable bonds is 3. The predicted molar refractivity (Wildman–Crippen MR) is 63.4 cm³/mol. The van der Waals surface area contributed by atoms with Crippen LogP contribution in [0.5, 0.6) is 0 Å². The predicted octanol–water partition coefficient (Wildman–Crippen LogP) is -0.404. The average Bonchev–Trinajstić information content (AvgIpc) is 3.09. The summed E-state index contributed by atoms with van der Waals surface area (Å²) in [5.74, 6) is -2.28. The number of esters is 1. The molecule has 0 aromatic rings. The number of Topliss-reactive ketones (excluding diaryl/α,β-unsaturated/α-hetero) is 2. The molecule has 0 spiro atoms. The van der Waals surface area contributed by atoms with Gasteiger partial charge in [0.2, 0.25) is 11.6 Å². The standard InChI is InChI=1S/C13H17NO5/c1-18-13(17)7-8(14-6-4-2-3-5-6)12-10(16)9(15)11(7)19-12/h6-8,11-12,14H,2-5H2,1H3. The molecule has 0 radical (unpaired) electrons. The van der Waals surface area contributed by atoms with Gasteiger partial charge in [0.05, 0.1) is 13.2 Å². The lowest BCUT2D eigenvalue weighted by Gasteiger charge is -2.28. The Morgan fingerprint density at radius 2 is 1.84 bits per heavy atom. The number of ketones is 2. The molecule has 1 aliphatic carbocycles. The van der Waals surface area contributed by atoms with Crippen molar-refractivity contribution in [3.8, 4) is 0 Å². The molecule has 6 heteroatoms. The van der Waals surface area contributed by atoms with Crippen molar-refractivity contribution in [3.05, 3.63) is 0 Å². The van der Waals surface area contributed by atoms with Crippen molar-refractivity contribution >= 4 is 17.5 Å². The number of carbonyl (C=O) groups excluding carboxylic acids is 3. The largest absolute Gasteiger partial charge is 0.469 e. The van der Waals surface area contributed by atoms with Crippen LogP contribution in [0.2, 0.25) is 0 Å². The Morgan fingerprint density at radius 1 is 1.21 bits per heavy atom. The highest BCUT2D eigenvalue weighted by Crippen LogP contribution is 2.37. The first-order valence-corrected chi connectivity index (χ1v) is 6.71. The molecule has 4 atom stereocenters. The number of carbonyl (C=O) groups is 3. The van der Waals surface area contributed by atoms with E-state index in [9.17, 15) is 14.4 Å². The van der Waals surface area contributed by atoms with E-state index in [0.717, 1.165) is 25.7 Å². The molecule has 2 bridgehead atoms. The summed E-state index contributed by atoms with van der Waals surface area (Å²) in [6, 6.07) is -0.131. The molecule has 3 rings (SSSR count). The van der Waals surface area contributed by atoms with Crippen molar-refractivity contribution in [2.24, 2.45) is 5.92 Å². The van der Waals surface area contributed by atoms with Crippen molar-refractivity contribution in [3.63, 3.8) is 0 Å². The van der Waals surface area contributed by atoms with Gasteiger partial charge in [-0.25, -0.2) is 0 Å². The maximum Gasteiger partial charge on any atom is 0.313 e. The van der Waals surface area contributed by atoms with Crippen molar-refractivity contribution in [2.45, 2.75) is 50.0 Å². The molecule has 2 saturated heterocycles. The molecular formula is C13H17NO5. The van der Waals surface area contributed by atoms with Crippen molar-refractivity contribution < 1.29 is 23.9 Å². The lowest BCUT2D eigenvalue weighted by atomic mass is 9.82. The molecule has 1 N–H and O–H groups in total. The van der Waals surface area contributed by atoms with E-state index >= 15 is 0 Å².